The summed E-state index contributed by atoms with van der Waals surface area (Å²) < 4.78 is 12.1. The Hall–Kier alpha value is -2.43. The molecule has 0 fully saturated rings. The molecule has 0 aliphatic heterocycles. The van der Waals surface area contributed by atoms with Crippen molar-refractivity contribution in [2.75, 3.05) is 13.2 Å². The Morgan fingerprint density at radius 1 is 0.914 bits per heavy atom. The van der Waals surface area contributed by atoms with Gasteiger partial charge >= 0.3 is 5.97 Å². The van der Waals surface area contributed by atoms with Gasteiger partial charge in [0.15, 0.2) is 0 Å². The van der Waals surface area contributed by atoms with Crippen molar-refractivity contribution in [1.82, 2.24) is 0 Å². The summed E-state index contributed by atoms with van der Waals surface area (Å²) in [6, 6.07) is 21.7. The Labute approximate surface area is 214 Å². The fraction of sp³-hybridized carbons (Fsp3) is 0.452. The second kappa shape index (κ2) is 13.6. The molecule has 0 bridgehead atoms. The molecule has 1 atom stereocenters. The van der Waals surface area contributed by atoms with Crippen molar-refractivity contribution in [1.29, 1.82) is 0 Å². The van der Waals surface area contributed by atoms with Crippen molar-refractivity contribution < 1.29 is 14.0 Å². The van der Waals surface area contributed by atoms with Crippen molar-refractivity contribution in [3.05, 3.63) is 84.0 Å². The maximum absolute atomic E-state index is 10.9. The number of carbonyl (C=O) groups is 1. The van der Waals surface area contributed by atoms with Gasteiger partial charge in [0.2, 0.25) is 0 Å². The first-order valence-corrected chi connectivity index (χ1v) is 14.7. The van der Waals surface area contributed by atoms with Gasteiger partial charge in [0.05, 0.1) is 0 Å². The van der Waals surface area contributed by atoms with E-state index in [2.05, 4.69) is 108 Å². The lowest BCUT2D eigenvalue weighted by Crippen LogP contribution is -2.66. The Kier molecular flexibility index (Phi) is 11.2. The summed E-state index contributed by atoms with van der Waals surface area (Å²) in [5, 5.41) is 2.66. The van der Waals surface area contributed by atoms with E-state index >= 15 is 0 Å². The van der Waals surface area contributed by atoms with E-state index in [9.17, 15) is 4.79 Å². The van der Waals surface area contributed by atoms with Gasteiger partial charge in [-0.05, 0) is 60.5 Å². The molecule has 2 aromatic carbocycles. The molecule has 35 heavy (non-hydrogen) atoms. The van der Waals surface area contributed by atoms with Crippen LogP contribution in [0.2, 0.25) is 5.04 Å². The fourth-order valence-electron chi connectivity index (χ4n) is 4.51. The lowest BCUT2D eigenvalue weighted by atomic mass is 9.97. The number of rotatable bonds is 12. The van der Waals surface area contributed by atoms with Gasteiger partial charge < -0.3 is 9.16 Å². The van der Waals surface area contributed by atoms with Gasteiger partial charge in [0.25, 0.3) is 8.32 Å². The number of hydrogen-bond acceptors (Lipinski definition) is 3. The molecule has 2 rings (SSSR count). The largest absolute Gasteiger partial charge is 0.462 e. The first-order chi connectivity index (χ1) is 16.6. The second-order valence-corrected chi connectivity index (χ2v) is 14.8. The van der Waals surface area contributed by atoms with Gasteiger partial charge in [0, 0.05) is 13.5 Å². The maximum atomic E-state index is 10.9. The molecule has 3 nitrogen and oxygen atoms in total. The first kappa shape index (κ1) is 28.8. The zero-order valence-corrected chi connectivity index (χ0v) is 23.8. The minimum Gasteiger partial charge on any atom is -0.462 e. The number of esters is 1. The van der Waals surface area contributed by atoms with E-state index in [0.29, 0.717) is 12.5 Å². The first-order valence-electron chi connectivity index (χ1n) is 12.8. The molecule has 0 amide bonds. The Bertz CT molecular complexity index is 932. The fourth-order valence-corrected chi connectivity index (χ4v) is 9.09. The maximum Gasteiger partial charge on any atom is 0.302 e. The second-order valence-electron chi connectivity index (χ2n) is 10.5. The van der Waals surface area contributed by atoms with Crippen LogP contribution in [0.25, 0.3) is 0 Å². The van der Waals surface area contributed by atoms with Crippen LogP contribution >= 0.6 is 0 Å². The van der Waals surface area contributed by atoms with Gasteiger partial charge in [-0.1, -0.05) is 106 Å². The molecule has 190 valence electrons. The zero-order chi connectivity index (χ0) is 25.9. The summed E-state index contributed by atoms with van der Waals surface area (Å²) >= 11 is 0. The third kappa shape index (κ3) is 8.33. The highest BCUT2D eigenvalue weighted by molar-refractivity contribution is 6.99. The summed E-state index contributed by atoms with van der Waals surface area (Å²) in [5.74, 6) is 0.220. The topological polar surface area (TPSA) is 35.5 Å². The molecular weight excluding hydrogens is 448 g/mol. The van der Waals surface area contributed by atoms with Crippen LogP contribution in [0.5, 0.6) is 0 Å². The van der Waals surface area contributed by atoms with Crippen molar-refractivity contribution in [2.24, 2.45) is 5.92 Å². The van der Waals surface area contributed by atoms with E-state index in [-0.39, 0.29) is 11.0 Å². The normalized spacial score (nSPS) is 14.0. The summed E-state index contributed by atoms with van der Waals surface area (Å²) in [4.78, 5) is 10.9. The van der Waals surface area contributed by atoms with Crippen LogP contribution in [0.3, 0.4) is 0 Å². The van der Waals surface area contributed by atoms with Crippen LogP contribution in [-0.4, -0.2) is 27.5 Å². The quantitative estimate of drug-likeness (QED) is 0.185. The highest BCUT2D eigenvalue weighted by Gasteiger charge is 2.49. The third-order valence-electron chi connectivity index (χ3n) is 6.79. The Morgan fingerprint density at radius 3 is 1.94 bits per heavy atom. The van der Waals surface area contributed by atoms with Crippen LogP contribution in [0.4, 0.5) is 0 Å². The molecule has 0 radical (unpaired) electrons. The number of benzene rings is 2. The van der Waals surface area contributed by atoms with Crippen LogP contribution in [0.15, 0.2) is 84.0 Å². The van der Waals surface area contributed by atoms with Crippen LogP contribution < -0.4 is 10.4 Å². The van der Waals surface area contributed by atoms with Crippen LogP contribution in [0.1, 0.15) is 67.7 Å². The van der Waals surface area contributed by atoms with E-state index in [4.69, 9.17) is 9.16 Å². The molecule has 0 N–H and O–H groups in total. The summed E-state index contributed by atoms with van der Waals surface area (Å²) in [7, 11) is -2.47. The minimum absolute atomic E-state index is 0.000205. The third-order valence-corrected chi connectivity index (χ3v) is 11.8. The predicted molar refractivity (Wildman–Crippen MR) is 151 cm³/mol. The molecule has 2 aromatic rings. The molecule has 0 heterocycles. The highest BCUT2D eigenvalue weighted by atomic mass is 28.4. The monoisotopic (exact) mass is 492 g/mol. The van der Waals surface area contributed by atoms with Crippen molar-refractivity contribution in [3.63, 3.8) is 0 Å². The lowest BCUT2D eigenvalue weighted by molar-refractivity contribution is -0.139. The van der Waals surface area contributed by atoms with Gasteiger partial charge in [-0.15, -0.1) is 0 Å². The summed E-state index contributed by atoms with van der Waals surface area (Å²) in [6.07, 6.45) is 7.30. The van der Waals surface area contributed by atoms with Gasteiger partial charge in [0.1, 0.15) is 6.61 Å². The van der Waals surface area contributed by atoms with Gasteiger partial charge in [-0.3, -0.25) is 4.79 Å². The Morgan fingerprint density at radius 2 is 1.46 bits per heavy atom. The lowest BCUT2D eigenvalue weighted by Gasteiger charge is -2.43. The van der Waals surface area contributed by atoms with E-state index < -0.39 is 8.32 Å². The van der Waals surface area contributed by atoms with Crippen molar-refractivity contribution in [2.45, 2.75) is 72.8 Å². The van der Waals surface area contributed by atoms with Crippen molar-refractivity contribution >= 4 is 24.7 Å². The molecular formula is C31H44O3Si. The van der Waals surface area contributed by atoms with E-state index in [0.717, 1.165) is 25.9 Å². The zero-order valence-electron chi connectivity index (χ0n) is 22.8. The smallest absolute Gasteiger partial charge is 0.302 e. The SMILES string of the molecule is CC(=O)OC/C=C(\C)CC/C=C(\C)[C@H](C)CCO[Si](c1ccccc1)(c1ccccc1)C(C)(C)C. The van der Waals surface area contributed by atoms with Gasteiger partial charge in [-0.2, -0.15) is 0 Å². The molecule has 0 aromatic heterocycles. The molecule has 0 saturated carbocycles. The molecule has 0 aliphatic rings. The average Bonchev–Trinajstić information content (AvgIpc) is 2.81. The average molecular weight is 493 g/mol. The van der Waals surface area contributed by atoms with E-state index in [1.807, 2.05) is 6.08 Å². The number of allylic oxidation sites excluding steroid dienone is 3. The number of carbonyl (C=O) groups excluding carboxylic acids is 1. The molecule has 0 unspecified atom stereocenters. The van der Waals surface area contributed by atoms with Crippen LogP contribution in [0, 0.1) is 5.92 Å². The minimum atomic E-state index is -2.47. The molecule has 0 saturated heterocycles. The molecule has 4 heteroatoms. The number of ether oxygens (including phenoxy) is 1. The Balaban J connectivity index is 2.08. The van der Waals surface area contributed by atoms with E-state index in [1.165, 1.54) is 28.4 Å². The van der Waals surface area contributed by atoms with Gasteiger partial charge in [-0.25, -0.2) is 0 Å². The molecule has 0 aliphatic carbocycles. The van der Waals surface area contributed by atoms with Crippen molar-refractivity contribution in [3.8, 4) is 0 Å². The van der Waals surface area contributed by atoms with E-state index in [1.54, 1.807) is 0 Å². The summed E-state index contributed by atoms with van der Waals surface area (Å²) in [5.41, 5.74) is 2.65. The molecule has 0 spiro atoms. The number of hydrogen-bond donors (Lipinski definition) is 0. The highest BCUT2D eigenvalue weighted by Crippen LogP contribution is 2.37. The summed E-state index contributed by atoms with van der Waals surface area (Å²) in [6.45, 7) is 16.1. The van der Waals surface area contributed by atoms with Crippen LogP contribution in [-0.2, 0) is 14.0 Å². The predicted octanol–water partition coefficient (Wildman–Crippen LogP) is 6.83. The standard InChI is InChI=1S/C31H44O3Si/c1-25(21-23-33-28(4)32)15-14-16-26(2)27(3)22-24-34-35(31(5,6)7,29-17-10-8-11-18-29)30-19-12-9-13-20-30/h8-13,16-21,27H,14-15,22-24H2,1-7H3/b25-21+,26-16+/t27-/m1/s1.